The Balaban J connectivity index is 1.71. The van der Waals surface area contributed by atoms with E-state index in [9.17, 15) is 0 Å². The maximum Gasteiger partial charge on any atom is 0.0875 e. The number of fused-ring (bicyclic) bond motifs is 8. The van der Waals surface area contributed by atoms with E-state index in [1.54, 1.807) is 0 Å². The molecule has 0 aromatic carbocycles. The van der Waals surface area contributed by atoms with Crippen molar-refractivity contribution in [2.24, 2.45) is 23.7 Å². The minimum Gasteiger partial charge on any atom is -0.369 e. The van der Waals surface area contributed by atoms with Crippen LogP contribution in [0.3, 0.4) is 0 Å². The van der Waals surface area contributed by atoms with E-state index in [2.05, 4.69) is 0 Å². The summed E-state index contributed by atoms with van der Waals surface area (Å²) in [5.41, 5.74) is 0. The molecule has 1 heterocycles. The van der Waals surface area contributed by atoms with Crippen LogP contribution in [0.15, 0.2) is 0 Å². The topological polar surface area (TPSA) is 12.5 Å². The molecule has 1 nitrogen and oxygen atoms in total. The van der Waals surface area contributed by atoms with Crippen molar-refractivity contribution in [1.82, 2.24) is 0 Å². The van der Waals surface area contributed by atoms with Crippen molar-refractivity contribution in [3.05, 3.63) is 0 Å². The fraction of sp³-hybridized carbons (Fsp3) is 1.00. The average molecular weight is 164 g/mol. The van der Waals surface area contributed by atoms with E-state index in [4.69, 9.17) is 4.74 Å². The van der Waals surface area contributed by atoms with Crippen LogP contribution in [-0.4, -0.2) is 12.2 Å². The Morgan fingerprint density at radius 3 is 1.92 bits per heavy atom. The lowest BCUT2D eigenvalue weighted by Gasteiger charge is -2.32. The van der Waals surface area contributed by atoms with Crippen LogP contribution in [0.1, 0.15) is 32.1 Å². The van der Waals surface area contributed by atoms with Crippen molar-refractivity contribution in [2.75, 3.05) is 0 Å². The van der Waals surface area contributed by atoms with Gasteiger partial charge in [-0.1, -0.05) is 12.8 Å². The Hall–Kier alpha value is -0.0400. The smallest absolute Gasteiger partial charge is 0.0875 e. The molecule has 12 heavy (non-hydrogen) atoms. The molecular weight excluding hydrogens is 148 g/mol. The molecule has 0 N–H and O–H groups in total. The molecule has 2 bridgehead atoms. The van der Waals surface area contributed by atoms with Crippen molar-refractivity contribution in [3.63, 3.8) is 0 Å². The van der Waals surface area contributed by atoms with E-state index in [0.29, 0.717) is 0 Å². The lowest BCUT2D eigenvalue weighted by molar-refractivity contribution is 0.178. The van der Waals surface area contributed by atoms with E-state index in [0.717, 1.165) is 35.9 Å². The SMILES string of the molecule is C1CCC2C(C1)C1CC2C2OC12. The van der Waals surface area contributed by atoms with Crippen LogP contribution >= 0.6 is 0 Å². The van der Waals surface area contributed by atoms with Crippen LogP contribution in [0, 0.1) is 23.7 Å². The lowest BCUT2D eigenvalue weighted by atomic mass is 9.71. The maximum atomic E-state index is 5.73. The number of hydrogen-bond acceptors (Lipinski definition) is 1. The number of rotatable bonds is 0. The van der Waals surface area contributed by atoms with Gasteiger partial charge < -0.3 is 4.74 Å². The summed E-state index contributed by atoms with van der Waals surface area (Å²) in [7, 11) is 0. The van der Waals surface area contributed by atoms with Crippen molar-refractivity contribution in [2.45, 2.75) is 44.3 Å². The van der Waals surface area contributed by atoms with Crippen molar-refractivity contribution >= 4 is 0 Å². The molecule has 1 saturated heterocycles. The van der Waals surface area contributed by atoms with Crippen LogP contribution in [0.2, 0.25) is 0 Å². The van der Waals surface area contributed by atoms with E-state index in [-0.39, 0.29) is 0 Å². The Bertz CT molecular complexity index is 203. The molecule has 0 amide bonds. The molecule has 0 spiro atoms. The first-order valence-corrected chi connectivity index (χ1v) is 5.60. The quantitative estimate of drug-likeness (QED) is 0.500. The van der Waals surface area contributed by atoms with Gasteiger partial charge in [0.25, 0.3) is 0 Å². The van der Waals surface area contributed by atoms with Gasteiger partial charge in [-0.05, 0) is 42.9 Å². The molecule has 3 aliphatic carbocycles. The molecule has 4 rings (SSSR count). The monoisotopic (exact) mass is 164 g/mol. The van der Waals surface area contributed by atoms with Crippen LogP contribution in [0.4, 0.5) is 0 Å². The van der Waals surface area contributed by atoms with Crippen LogP contribution in [0.25, 0.3) is 0 Å². The van der Waals surface area contributed by atoms with E-state index >= 15 is 0 Å². The first-order chi connectivity index (χ1) is 5.95. The fourth-order valence-corrected chi connectivity index (χ4v) is 4.50. The average Bonchev–Trinajstić information content (AvgIpc) is 2.74. The van der Waals surface area contributed by atoms with Gasteiger partial charge in [-0.15, -0.1) is 0 Å². The minimum atomic E-state index is 0.745. The minimum absolute atomic E-state index is 0.745. The van der Waals surface area contributed by atoms with Gasteiger partial charge >= 0.3 is 0 Å². The van der Waals surface area contributed by atoms with Crippen molar-refractivity contribution in [3.8, 4) is 0 Å². The molecule has 4 fully saturated rings. The second kappa shape index (κ2) is 1.89. The van der Waals surface area contributed by atoms with Crippen molar-refractivity contribution in [1.29, 1.82) is 0 Å². The number of ether oxygens (including phenoxy) is 1. The number of hydrogen-bond donors (Lipinski definition) is 0. The van der Waals surface area contributed by atoms with Crippen LogP contribution < -0.4 is 0 Å². The summed E-state index contributed by atoms with van der Waals surface area (Å²) < 4.78 is 5.73. The second-order valence-electron chi connectivity index (χ2n) is 5.24. The summed E-state index contributed by atoms with van der Waals surface area (Å²) in [4.78, 5) is 0. The first kappa shape index (κ1) is 6.42. The highest BCUT2D eigenvalue weighted by Gasteiger charge is 2.66. The predicted octanol–water partition coefficient (Wildman–Crippen LogP) is 2.21. The zero-order valence-electron chi connectivity index (χ0n) is 7.41. The Morgan fingerprint density at radius 2 is 1.33 bits per heavy atom. The van der Waals surface area contributed by atoms with E-state index in [1.165, 1.54) is 32.1 Å². The van der Waals surface area contributed by atoms with Gasteiger partial charge in [0.05, 0.1) is 12.2 Å². The largest absolute Gasteiger partial charge is 0.369 e. The third-order valence-electron chi connectivity index (χ3n) is 4.92. The highest BCUT2D eigenvalue weighted by atomic mass is 16.6. The van der Waals surface area contributed by atoms with E-state index in [1.807, 2.05) is 0 Å². The predicted molar refractivity (Wildman–Crippen MR) is 45.7 cm³/mol. The molecule has 0 aromatic heterocycles. The Morgan fingerprint density at radius 1 is 0.750 bits per heavy atom. The lowest BCUT2D eigenvalue weighted by Crippen LogP contribution is -2.30. The molecule has 1 heteroatoms. The van der Waals surface area contributed by atoms with Gasteiger partial charge in [-0.2, -0.15) is 0 Å². The molecule has 1 aliphatic heterocycles. The molecule has 3 saturated carbocycles. The molecule has 6 unspecified atom stereocenters. The van der Waals surface area contributed by atoms with Gasteiger partial charge in [0.2, 0.25) is 0 Å². The molecule has 4 aliphatic rings. The molecule has 0 radical (unpaired) electrons. The fourth-order valence-electron chi connectivity index (χ4n) is 4.50. The highest BCUT2D eigenvalue weighted by Crippen LogP contribution is 2.64. The molecule has 0 aromatic rings. The van der Waals surface area contributed by atoms with Gasteiger partial charge in [0, 0.05) is 0 Å². The summed E-state index contributed by atoms with van der Waals surface area (Å²) in [6.45, 7) is 0. The van der Waals surface area contributed by atoms with Crippen LogP contribution in [-0.2, 0) is 4.74 Å². The third kappa shape index (κ3) is 0.585. The molecule has 66 valence electrons. The summed E-state index contributed by atoms with van der Waals surface area (Å²) >= 11 is 0. The van der Waals surface area contributed by atoms with E-state index < -0.39 is 0 Å². The zero-order chi connectivity index (χ0) is 7.71. The standard InChI is InChI=1S/C11H16O/c1-2-4-7-6(3-1)8-5-9(7)11-10(8)12-11/h6-11H,1-5H2. The van der Waals surface area contributed by atoms with Crippen molar-refractivity contribution < 1.29 is 4.74 Å². The zero-order valence-corrected chi connectivity index (χ0v) is 7.41. The van der Waals surface area contributed by atoms with Gasteiger partial charge in [0.15, 0.2) is 0 Å². The summed E-state index contributed by atoms with van der Waals surface area (Å²) in [5, 5.41) is 0. The van der Waals surface area contributed by atoms with Crippen LogP contribution in [0.5, 0.6) is 0 Å². The normalized spacial score (nSPS) is 66.0. The summed E-state index contributed by atoms with van der Waals surface area (Å²) in [5.74, 6) is 4.19. The summed E-state index contributed by atoms with van der Waals surface area (Å²) in [6.07, 6.45) is 9.08. The third-order valence-corrected chi connectivity index (χ3v) is 4.92. The summed E-state index contributed by atoms with van der Waals surface area (Å²) in [6, 6.07) is 0. The molecular formula is C11H16O. The Kier molecular flexibility index (Phi) is 1.01. The molecule has 6 atom stereocenters. The second-order valence-corrected chi connectivity index (χ2v) is 5.24. The Labute approximate surface area is 73.5 Å². The first-order valence-electron chi connectivity index (χ1n) is 5.60. The number of epoxide rings is 1. The van der Waals surface area contributed by atoms with Gasteiger partial charge in [-0.25, -0.2) is 0 Å². The van der Waals surface area contributed by atoms with Gasteiger partial charge in [-0.3, -0.25) is 0 Å². The van der Waals surface area contributed by atoms with Gasteiger partial charge in [0.1, 0.15) is 0 Å². The maximum absolute atomic E-state index is 5.73. The highest BCUT2D eigenvalue weighted by molar-refractivity contribution is 5.14.